The van der Waals surface area contributed by atoms with Gasteiger partial charge in [0.1, 0.15) is 18.5 Å². The predicted molar refractivity (Wildman–Crippen MR) is 152 cm³/mol. The summed E-state index contributed by atoms with van der Waals surface area (Å²) in [5, 5.41) is 21.0. The number of carboxylic acid groups (broad SMARTS) is 2. The fourth-order valence-electron chi connectivity index (χ4n) is 5.21. The molecule has 0 radical (unpaired) electrons. The zero-order valence-electron chi connectivity index (χ0n) is 21.4. The molecule has 5 aliphatic heterocycles. The van der Waals surface area contributed by atoms with Crippen LogP contribution in [-0.4, -0.2) is 59.1 Å². The summed E-state index contributed by atoms with van der Waals surface area (Å²) >= 11 is 2.12. The van der Waals surface area contributed by atoms with Gasteiger partial charge in [0.2, 0.25) is 0 Å². The summed E-state index contributed by atoms with van der Waals surface area (Å²) < 4.78 is 13.3. The second-order valence-electron chi connectivity index (χ2n) is 9.61. The minimum Gasteiger partial charge on any atom is -0.477 e. The van der Waals surface area contributed by atoms with E-state index in [9.17, 15) is 43.6 Å². The van der Waals surface area contributed by atoms with E-state index in [0.29, 0.717) is 55.0 Å². The maximum Gasteiger partial charge on any atom is 0.371 e. The Morgan fingerprint density at radius 2 is 1.61 bits per heavy atom. The van der Waals surface area contributed by atoms with Gasteiger partial charge in [-0.15, -0.1) is 5.12 Å². The molecular weight excluding hydrogens is 617 g/mol. The van der Waals surface area contributed by atoms with Gasteiger partial charge in [-0.2, -0.15) is 5.01 Å². The Kier molecular flexibility index (Phi) is 5.97. The first kappa shape index (κ1) is 27.8. The van der Waals surface area contributed by atoms with Crippen molar-refractivity contribution in [2.45, 2.75) is 37.7 Å². The average molecular weight is 638 g/mol. The number of fused-ring (bicyclic) bond motifs is 2. The number of carbonyl (C=O) groups excluding carboxylic acids is 3. The molecule has 1 spiro atoms. The van der Waals surface area contributed by atoms with Crippen molar-refractivity contribution >= 4 is 89.5 Å². The van der Waals surface area contributed by atoms with Crippen LogP contribution >= 0.6 is 42.8 Å². The van der Waals surface area contributed by atoms with Crippen LogP contribution in [0.25, 0.3) is 5.57 Å². The van der Waals surface area contributed by atoms with Crippen molar-refractivity contribution in [1.29, 1.82) is 0 Å². The lowest BCUT2D eigenvalue weighted by atomic mass is 9.92. The number of amides is 4. The molecule has 0 aromatic heterocycles. The summed E-state index contributed by atoms with van der Waals surface area (Å²) in [6, 6.07) is 0.508. The number of urea groups is 1. The summed E-state index contributed by atoms with van der Waals surface area (Å²) in [6.45, 7) is 5.02. The maximum atomic E-state index is 14.5. The zero-order chi connectivity index (χ0) is 29.9. The van der Waals surface area contributed by atoms with Crippen LogP contribution in [0, 0.1) is 13.8 Å². The monoisotopic (exact) mass is 637 g/mol. The van der Waals surface area contributed by atoms with Gasteiger partial charge in [-0.05, 0) is 43.5 Å². The molecule has 5 heterocycles. The minimum atomic E-state index is -4.93. The van der Waals surface area contributed by atoms with Crippen LogP contribution < -0.4 is 15.8 Å². The number of hydrogen-bond donors (Lipinski definition) is 5. The SMILES string of the molecule is CC1=C(N)SC2=C(c3cc(C)c(C)c4c3N(C(=O)N(N3C(=O)CCC3=O)N4)P2(=O)O)C12SC(C(=O)O)=C(C(=O)O)S2. The number of aryl methyl sites for hydroxylation is 1. The molecule has 0 saturated carbocycles. The number of benzene rings is 1. The molecule has 6 rings (SSSR count). The number of nitrogens with two attached hydrogens (primary N) is 1. The van der Waals surface area contributed by atoms with Crippen molar-refractivity contribution in [1.82, 2.24) is 10.1 Å². The highest BCUT2D eigenvalue weighted by Crippen LogP contribution is 2.77. The zero-order valence-corrected chi connectivity index (χ0v) is 24.7. The molecule has 5 aliphatic rings. The molecule has 1 unspecified atom stereocenters. The summed E-state index contributed by atoms with van der Waals surface area (Å²) in [7, 11) is -4.93. The van der Waals surface area contributed by atoms with Gasteiger partial charge in [-0.3, -0.25) is 19.6 Å². The highest BCUT2D eigenvalue weighted by Gasteiger charge is 2.61. The van der Waals surface area contributed by atoms with E-state index < -0.39 is 51.2 Å². The predicted octanol–water partition coefficient (Wildman–Crippen LogP) is 3.30. The lowest BCUT2D eigenvalue weighted by molar-refractivity contribution is -0.150. The highest BCUT2D eigenvalue weighted by molar-refractivity contribution is 8.27. The van der Waals surface area contributed by atoms with Gasteiger partial charge in [0.25, 0.3) is 11.8 Å². The van der Waals surface area contributed by atoms with Crippen LogP contribution in [-0.2, 0) is 23.7 Å². The van der Waals surface area contributed by atoms with Gasteiger partial charge < -0.3 is 20.8 Å². The summed E-state index contributed by atoms with van der Waals surface area (Å²) in [5.74, 6) is -4.31. The largest absolute Gasteiger partial charge is 0.477 e. The summed E-state index contributed by atoms with van der Waals surface area (Å²) in [4.78, 5) is 74.1. The Hall–Kier alpha value is -3.37. The van der Waals surface area contributed by atoms with Crippen molar-refractivity contribution < 1.29 is 43.6 Å². The lowest BCUT2D eigenvalue weighted by Gasteiger charge is -2.49. The van der Waals surface area contributed by atoms with E-state index in [-0.39, 0.29) is 45.0 Å². The number of imide groups is 1. The Balaban J connectivity index is 1.64. The molecular formula is C23H20N5O9PS3. The lowest BCUT2D eigenvalue weighted by Crippen LogP contribution is -2.59. The van der Waals surface area contributed by atoms with Crippen LogP contribution in [0.3, 0.4) is 0 Å². The third-order valence-electron chi connectivity index (χ3n) is 7.34. The van der Waals surface area contributed by atoms with Gasteiger partial charge in [-0.25, -0.2) is 19.1 Å². The smallest absolute Gasteiger partial charge is 0.371 e. The number of nitrogens with zero attached hydrogens (tertiary/aromatic N) is 3. The van der Waals surface area contributed by atoms with Gasteiger partial charge >= 0.3 is 25.5 Å². The topological polar surface area (TPSA) is 211 Å². The quantitative estimate of drug-likeness (QED) is 0.238. The standard InChI is InChI=1S/C23H20N5O9PS3/c1-7-6-10-13-21(39-18(24)9(3)23(13)40-16(19(31)32)17(41-23)20(33)34)38(36,37)27-15(10)14(8(7)2)25-28(22(27)35)26-11(29)4-5-12(26)30/h6,25H,4-5,24H2,1-3H3,(H,31,32)(H,33,34)(H,36,37). The fraction of sp³-hybridized carbons (Fsp3) is 0.261. The number of hydrazine groups is 2. The van der Waals surface area contributed by atoms with E-state index in [1.165, 1.54) is 0 Å². The van der Waals surface area contributed by atoms with Gasteiger partial charge in [-0.1, -0.05) is 35.3 Å². The van der Waals surface area contributed by atoms with E-state index in [1.807, 2.05) is 0 Å². The molecule has 4 amide bonds. The molecule has 1 aromatic carbocycles. The van der Waals surface area contributed by atoms with Crippen LogP contribution in [0.15, 0.2) is 31.1 Å². The molecule has 41 heavy (non-hydrogen) atoms. The number of carboxylic acids is 2. The van der Waals surface area contributed by atoms with Crippen molar-refractivity contribution in [3.63, 3.8) is 0 Å². The van der Waals surface area contributed by atoms with E-state index in [0.717, 1.165) is 11.8 Å². The molecule has 1 aromatic rings. The molecule has 1 saturated heterocycles. The molecule has 0 aliphatic carbocycles. The van der Waals surface area contributed by atoms with Crippen LogP contribution in [0.4, 0.5) is 16.2 Å². The normalized spacial score (nSPS) is 24.9. The van der Waals surface area contributed by atoms with Gasteiger partial charge in [0.15, 0.2) is 0 Å². The first-order valence-corrected chi connectivity index (χ1v) is 15.9. The van der Waals surface area contributed by atoms with Gasteiger partial charge in [0, 0.05) is 24.0 Å². The fourth-order valence-corrected chi connectivity index (χ4v) is 12.3. The number of aliphatic carboxylic acids is 2. The van der Waals surface area contributed by atoms with Crippen LogP contribution in [0.1, 0.15) is 36.5 Å². The Labute approximate surface area is 244 Å². The first-order valence-electron chi connectivity index (χ1n) is 11.9. The number of hydrogen-bond acceptors (Lipinski definition) is 11. The Morgan fingerprint density at radius 1 is 1.05 bits per heavy atom. The van der Waals surface area contributed by atoms with E-state index in [2.05, 4.69) is 5.43 Å². The Morgan fingerprint density at radius 3 is 2.15 bits per heavy atom. The molecule has 1 fully saturated rings. The first-order chi connectivity index (χ1) is 19.1. The number of carbonyl (C=O) groups is 5. The van der Waals surface area contributed by atoms with Crippen molar-refractivity contribution in [3.8, 4) is 0 Å². The number of anilines is 2. The molecule has 1 atom stereocenters. The Bertz CT molecular complexity index is 1690. The van der Waals surface area contributed by atoms with Crippen molar-refractivity contribution in [3.05, 3.63) is 47.8 Å². The summed E-state index contributed by atoms with van der Waals surface area (Å²) in [6.07, 6.45) is -0.279. The van der Waals surface area contributed by atoms with E-state index in [1.54, 1.807) is 26.8 Å². The number of nitrogens with one attached hydrogen (secondary N) is 1. The van der Waals surface area contributed by atoms with Gasteiger partial charge in [0.05, 0.1) is 16.4 Å². The number of rotatable bonds is 3. The van der Waals surface area contributed by atoms with Crippen LogP contribution in [0.5, 0.6) is 0 Å². The maximum absolute atomic E-state index is 14.5. The average Bonchev–Trinajstić information content (AvgIpc) is 3.45. The molecule has 214 valence electrons. The molecule has 18 heteroatoms. The van der Waals surface area contributed by atoms with Crippen LogP contribution in [0.2, 0.25) is 0 Å². The van der Waals surface area contributed by atoms with E-state index >= 15 is 0 Å². The van der Waals surface area contributed by atoms with E-state index in [4.69, 9.17) is 5.73 Å². The third kappa shape index (κ3) is 3.53. The molecule has 6 N–H and O–H groups in total. The number of thioether (sulfide) groups is 3. The third-order valence-corrected chi connectivity index (χ3v) is 14.3. The molecule has 0 bridgehead atoms. The second kappa shape index (κ2) is 8.82. The highest BCUT2D eigenvalue weighted by atomic mass is 32.2. The summed E-state index contributed by atoms with van der Waals surface area (Å²) in [5.41, 5.74) is 11.3. The van der Waals surface area contributed by atoms with Crippen molar-refractivity contribution in [2.75, 3.05) is 10.1 Å². The second-order valence-corrected chi connectivity index (χ2v) is 15.6. The molecule has 14 nitrogen and oxygen atoms in total. The van der Waals surface area contributed by atoms with Crippen molar-refractivity contribution in [2.24, 2.45) is 5.73 Å². The minimum absolute atomic E-state index is 0.0203.